The van der Waals surface area contributed by atoms with Crippen LogP contribution in [0.1, 0.15) is 23.1 Å². The van der Waals surface area contributed by atoms with Crippen LogP contribution in [-0.2, 0) is 30.3 Å². The van der Waals surface area contributed by atoms with Crippen LogP contribution in [0.25, 0.3) is 11.8 Å². The number of aromatic hydroxyl groups is 1. The number of rotatable bonds is 3. The molecule has 0 aliphatic heterocycles. The predicted octanol–water partition coefficient (Wildman–Crippen LogP) is -0.419. The molecule has 11 heteroatoms. The van der Waals surface area contributed by atoms with Crippen molar-refractivity contribution in [1.29, 1.82) is 0 Å². The lowest BCUT2D eigenvalue weighted by molar-refractivity contribution is -0.159. The molecular weight excluding hydrogens is 450 g/mol. The maximum absolute atomic E-state index is 13.4. The van der Waals surface area contributed by atoms with Gasteiger partial charge in [0.2, 0.25) is 5.78 Å². The van der Waals surface area contributed by atoms with Crippen LogP contribution < -0.4 is 5.73 Å². The van der Waals surface area contributed by atoms with Crippen molar-refractivity contribution < 1.29 is 49.4 Å². The minimum atomic E-state index is -2.88. The van der Waals surface area contributed by atoms with Gasteiger partial charge in [-0.2, -0.15) is 0 Å². The SMILES string of the molecule is COC(=O)/C=C/c1ccc2c(c1O)C(O)=C1C(=O)[C@]3(O)C(O)=C(C(N)=O)C(=O)C[C@@H]3[C@@H](O)[C@@H]1C2. The number of phenolic OH excluding ortho intramolecular Hbond substituents is 1. The van der Waals surface area contributed by atoms with E-state index in [4.69, 9.17) is 5.73 Å². The van der Waals surface area contributed by atoms with Crippen LogP contribution in [0.15, 0.2) is 35.1 Å². The van der Waals surface area contributed by atoms with Crippen LogP contribution in [0.2, 0.25) is 0 Å². The number of nitrogens with two attached hydrogens (primary N) is 1. The van der Waals surface area contributed by atoms with Gasteiger partial charge in [-0.3, -0.25) is 14.4 Å². The summed E-state index contributed by atoms with van der Waals surface area (Å²) in [5, 5.41) is 54.5. The molecule has 0 radical (unpaired) electrons. The minimum Gasteiger partial charge on any atom is -0.508 e. The summed E-state index contributed by atoms with van der Waals surface area (Å²) in [4.78, 5) is 48.8. The fourth-order valence-electron chi connectivity index (χ4n) is 4.99. The molecule has 3 aliphatic rings. The predicted molar refractivity (Wildman–Crippen MR) is 114 cm³/mol. The van der Waals surface area contributed by atoms with E-state index in [0.717, 1.165) is 6.08 Å². The summed E-state index contributed by atoms with van der Waals surface area (Å²) in [7, 11) is 1.17. The highest BCUT2D eigenvalue weighted by atomic mass is 16.5. The van der Waals surface area contributed by atoms with Gasteiger partial charge in [0, 0.05) is 35.5 Å². The molecule has 34 heavy (non-hydrogen) atoms. The zero-order chi connectivity index (χ0) is 25.1. The fraction of sp³-hybridized carbons (Fsp3) is 0.304. The molecule has 0 spiro atoms. The van der Waals surface area contributed by atoms with Gasteiger partial charge in [0.25, 0.3) is 5.91 Å². The number of esters is 1. The van der Waals surface area contributed by atoms with Crippen molar-refractivity contribution in [2.45, 2.75) is 24.5 Å². The van der Waals surface area contributed by atoms with E-state index in [9.17, 15) is 44.7 Å². The molecule has 3 aliphatic carbocycles. The quantitative estimate of drug-likeness (QED) is 0.191. The van der Waals surface area contributed by atoms with Crippen LogP contribution in [0, 0.1) is 11.8 Å². The molecule has 178 valence electrons. The molecule has 1 aromatic rings. The average molecular weight is 471 g/mol. The highest BCUT2D eigenvalue weighted by Crippen LogP contribution is 2.52. The Morgan fingerprint density at radius 1 is 1.18 bits per heavy atom. The summed E-state index contributed by atoms with van der Waals surface area (Å²) in [5.41, 5.74) is 1.12. The van der Waals surface area contributed by atoms with Gasteiger partial charge in [0.05, 0.1) is 18.8 Å². The number of amides is 1. The van der Waals surface area contributed by atoms with Gasteiger partial charge in [-0.15, -0.1) is 0 Å². The molecule has 7 N–H and O–H groups in total. The Hall–Kier alpha value is -3.96. The molecule has 0 bridgehead atoms. The molecule has 1 aromatic carbocycles. The maximum atomic E-state index is 13.4. The van der Waals surface area contributed by atoms with Crippen molar-refractivity contribution in [2.24, 2.45) is 17.6 Å². The molecule has 4 atom stereocenters. The Kier molecular flexibility index (Phi) is 5.34. The van der Waals surface area contributed by atoms with Crippen molar-refractivity contribution in [3.63, 3.8) is 0 Å². The van der Waals surface area contributed by atoms with Gasteiger partial charge >= 0.3 is 5.97 Å². The van der Waals surface area contributed by atoms with Crippen LogP contribution in [0.5, 0.6) is 5.75 Å². The minimum absolute atomic E-state index is 0.0515. The van der Waals surface area contributed by atoms with Crippen LogP contribution >= 0.6 is 0 Å². The summed E-state index contributed by atoms with van der Waals surface area (Å²) < 4.78 is 4.50. The second-order valence-corrected chi connectivity index (χ2v) is 8.37. The number of benzene rings is 1. The normalized spacial score (nSPS) is 28.5. The third kappa shape index (κ3) is 3.05. The summed E-state index contributed by atoms with van der Waals surface area (Å²) in [6, 6.07) is 2.97. The van der Waals surface area contributed by atoms with E-state index in [1.54, 1.807) is 0 Å². The van der Waals surface area contributed by atoms with Gasteiger partial charge in [-0.05, 0) is 18.1 Å². The van der Waals surface area contributed by atoms with Crippen molar-refractivity contribution in [2.75, 3.05) is 7.11 Å². The lowest BCUT2D eigenvalue weighted by Crippen LogP contribution is -2.63. The van der Waals surface area contributed by atoms with Gasteiger partial charge in [-0.1, -0.05) is 12.1 Å². The third-order valence-corrected chi connectivity index (χ3v) is 6.68. The van der Waals surface area contributed by atoms with Crippen molar-refractivity contribution in [3.05, 3.63) is 51.8 Å². The van der Waals surface area contributed by atoms with Crippen molar-refractivity contribution >= 4 is 35.3 Å². The van der Waals surface area contributed by atoms with E-state index in [0.29, 0.717) is 5.56 Å². The molecule has 1 amide bonds. The Morgan fingerprint density at radius 3 is 2.47 bits per heavy atom. The highest BCUT2D eigenvalue weighted by molar-refractivity contribution is 6.22. The monoisotopic (exact) mass is 471 g/mol. The molecule has 11 nitrogen and oxygen atoms in total. The standard InChI is InChI=1S/C23H21NO10/c1-34-13(26)5-4-8-2-3-9-6-10-15(19(29)14(9)17(8)27)20(30)23(33)11(18(10)28)7-12(25)16(21(23)31)22(24)32/h2-5,10-11,18,27-29,31,33H,6-7H2,1H3,(H2,24,32)/b5-4+/t10-,11-,18+,23+/m1/s1. The van der Waals surface area contributed by atoms with Gasteiger partial charge in [0.1, 0.15) is 22.8 Å². The zero-order valence-electron chi connectivity index (χ0n) is 17.8. The first kappa shape index (κ1) is 23.2. The number of hydrogen-bond donors (Lipinski definition) is 6. The summed E-state index contributed by atoms with van der Waals surface area (Å²) >= 11 is 0. The molecule has 0 saturated heterocycles. The number of methoxy groups -OCH3 is 1. The van der Waals surface area contributed by atoms with Gasteiger partial charge in [0.15, 0.2) is 11.4 Å². The van der Waals surface area contributed by atoms with Gasteiger partial charge < -0.3 is 36.0 Å². The van der Waals surface area contributed by atoms with E-state index in [2.05, 4.69) is 4.74 Å². The van der Waals surface area contributed by atoms with Crippen LogP contribution in [-0.4, -0.2) is 67.8 Å². The number of carbonyl (C=O) groups is 4. The Labute approximate surface area is 192 Å². The molecule has 0 heterocycles. The number of Topliss-reactive ketones (excluding diaryl/α,β-unsaturated/α-hetero) is 2. The van der Waals surface area contributed by atoms with E-state index in [1.165, 1.54) is 25.3 Å². The lowest BCUT2D eigenvalue weighted by Gasteiger charge is -2.48. The fourth-order valence-corrected chi connectivity index (χ4v) is 4.99. The van der Waals surface area contributed by atoms with Crippen LogP contribution in [0.4, 0.5) is 0 Å². The lowest BCUT2D eigenvalue weighted by atomic mass is 9.58. The topological polar surface area (TPSA) is 205 Å². The van der Waals surface area contributed by atoms with Gasteiger partial charge in [-0.25, -0.2) is 4.79 Å². The highest BCUT2D eigenvalue weighted by Gasteiger charge is 2.63. The number of primary amides is 1. The third-order valence-electron chi connectivity index (χ3n) is 6.68. The molecule has 4 rings (SSSR count). The number of carbonyl (C=O) groups excluding carboxylic acids is 4. The Balaban J connectivity index is 1.90. The first-order valence-electron chi connectivity index (χ1n) is 10.2. The van der Waals surface area contributed by atoms with E-state index >= 15 is 0 Å². The van der Waals surface area contributed by atoms with Crippen molar-refractivity contribution in [3.8, 4) is 5.75 Å². The van der Waals surface area contributed by atoms with Crippen molar-refractivity contribution in [1.82, 2.24) is 0 Å². The first-order valence-corrected chi connectivity index (χ1v) is 10.2. The number of ether oxygens (including phenoxy) is 1. The van der Waals surface area contributed by atoms with E-state index in [1.807, 2.05) is 0 Å². The Morgan fingerprint density at radius 2 is 1.85 bits per heavy atom. The average Bonchev–Trinajstić information content (AvgIpc) is 2.78. The maximum Gasteiger partial charge on any atom is 0.330 e. The number of phenols is 1. The number of fused-ring (bicyclic) bond motifs is 3. The van der Waals surface area contributed by atoms with Crippen LogP contribution in [0.3, 0.4) is 0 Å². The number of ketones is 2. The summed E-state index contributed by atoms with van der Waals surface area (Å²) in [5.74, 6) is -9.29. The molecular formula is C23H21NO10. The first-order chi connectivity index (χ1) is 15.9. The summed E-state index contributed by atoms with van der Waals surface area (Å²) in [6.45, 7) is 0. The molecule has 0 aromatic heterocycles. The number of aliphatic hydroxyl groups excluding tert-OH is 3. The van der Waals surface area contributed by atoms with E-state index in [-0.39, 0.29) is 17.5 Å². The Bertz CT molecular complexity index is 1260. The van der Waals surface area contributed by atoms with E-state index < -0.39 is 81.8 Å². The smallest absolute Gasteiger partial charge is 0.330 e. The number of hydrogen-bond acceptors (Lipinski definition) is 10. The molecule has 1 fully saturated rings. The largest absolute Gasteiger partial charge is 0.508 e. The second kappa shape index (κ2) is 7.82. The molecule has 1 saturated carbocycles. The zero-order valence-corrected chi connectivity index (χ0v) is 17.8. The second-order valence-electron chi connectivity index (χ2n) is 8.37. The molecule has 0 unspecified atom stereocenters. The number of aliphatic hydroxyl groups is 4. The summed E-state index contributed by atoms with van der Waals surface area (Å²) in [6.07, 6.45) is 0.00501.